The number of nitrogens with zero attached hydrogens (tertiary/aromatic N) is 1. The van der Waals surface area contributed by atoms with Crippen LogP contribution >= 0.6 is 0 Å². The minimum absolute atomic E-state index is 0.0883. The van der Waals surface area contributed by atoms with Crippen molar-refractivity contribution in [2.24, 2.45) is 5.92 Å². The minimum Gasteiger partial charge on any atom is -0.493 e. The molecule has 0 radical (unpaired) electrons. The lowest BCUT2D eigenvalue weighted by atomic mass is 9.87. The smallest absolute Gasteiger partial charge is 0.253 e. The van der Waals surface area contributed by atoms with Crippen LogP contribution in [0.3, 0.4) is 0 Å². The Hall–Kier alpha value is -3.06. The van der Waals surface area contributed by atoms with Crippen molar-refractivity contribution in [3.63, 3.8) is 0 Å². The molecule has 1 N–H and O–H groups in total. The molecule has 1 fully saturated rings. The fraction of sp³-hybridized carbons (Fsp3) is 0.391. The molecule has 2 amide bonds. The number of rotatable bonds is 8. The highest BCUT2D eigenvalue weighted by molar-refractivity contribution is 5.95. The molecule has 7 nitrogen and oxygen atoms in total. The molecule has 1 saturated heterocycles. The normalized spacial score (nSPS) is 18.2. The van der Waals surface area contributed by atoms with Gasteiger partial charge in [0.1, 0.15) is 0 Å². The second kappa shape index (κ2) is 10.1. The number of methoxy groups -OCH3 is 3. The Balaban J connectivity index is 1.92. The van der Waals surface area contributed by atoms with Crippen LogP contribution < -0.4 is 14.8 Å². The monoisotopic (exact) mass is 412 g/mol. The molecule has 0 spiro atoms. The molecule has 2 aromatic carbocycles. The minimum atomic E-state index is -0.407. The maximum atomic E-state index is 13.0. The first-order valence-electron chi connectivity index (χ1n) is 9.92. The van der Waals surface area contributed by atoms with E-state index in [1.165, 1.54) is 0 Å². The summed E-state index contributed by atoms with van der Waals surface area (Å²) < 4.78 is 16.1. The van der Waals surface area contributed by atoms with Gasteiger partial charge in [0.15, 0.2) is 11.5 Å². The van der Waals surface area contributed by atoms with E-state index in [4.69, 9.17) is 14.2 Å². The van der Waals surface area contributed by atoms with Crippen molar-refractivity contribution < 1.29 is 23.8 Å². The predicted octanol–water partition coefficient (Wildman–Crippen LogP) is 2.32. The molecule has 0 bridgehead atoms. The van der Waals surface area contributed by atoms with E-state index in [1.807, 2.05) is 36.4 Å². The van der Waals surface area contributed by atoms with Crippen molar-refractivity contribution in [3.8, 4) is 11.5 Å². The Labute approximate surface area is 176 Å². The van der Waals surface area contributed by atoms with Crippen molar-refractivity contribution in [2.75, 3.05) is 47.6 Å². The lowest BCUT2D eigenvalue weighted by Gasteiger charge is -2.21. The molecule has 0 saturated carbocycles. The zero-order chi connectivity index (χ0) is 21.5. The van der Waals surface area contributed by atoms with E-state index >= 15 is 0 Å². The zero-order valence-electron chi connectivity index (χ0n) is 17.6. The van der Waals surface area contributed by atoms with E-state index in [0.717, 1.165) is 5.56 Å². The largest absolute Gasteiger partial charge is 0.493 e. The van der Waals surface area contributed by atoms with Gasteiger partial charge in [-0.15, -0.1) is 0 Å². The van der Waals surface area contributed by atoms with Crippen molar-refractivity contribution in [3.05, 3.63) is 59.7 Å². The van der Waals surface area contributed by atoms with Gasteiger partial charge in [0.25, 0.3) is 5.91 Å². The van der Waals surface area contributed by atoms with E-state index in [9.17, 15) is 9.59 Å². The summed E-state index contributed by atoms with van der Waals surface area (Å²) in [6.07, 6.45) is 0. The molecule has 1 aliphatic rings. The van der Waals surface area contributed by atoms with Crippen LogP contribution in [-0.2, 0) is 9.53 Å². The molecule has 160 valence electrons. The van der Waals surface area contributed by atoms with Crippen LogP contribution in [0.25, 0.3) is 0 Å². The summed E-state index contributed by atoms with van der Waals surface area (Å²) in [5.41, 5.74) is 1.46. The summed E-state index contributed by atoms with van der Waals surface area (Å²) in [4.78, 5) is 27.8. The molecular formula is C23H28N2O5. The average Bonchev–Trinajstić information content (AvgIpc) is 3.24. The third-order valence-corrected chi connectivity index (χ3v) is 5.40. The van der Waals surface area contributed by atoms with Crippen molar-refractivity contribution in [2.45, 2.75) is 5.92 Å². The fourth-order valence-electron chi connectivity index (χ4n) is 3.93. The summed E-state index contributed by atoms with van der Waals surface area (Å²) in [6, 6.07) is 14.7. The van der Waals surface area contributed by atoms with Crippen LogP contribution in [-0.4, -0.2) is 64.3 Å². The Morgan fingerprint density at radius 3 is 2.43 bits per heavy atom. The standard InChI is InChI=1S/C23H28N2O5/c1-28-13-12-24-22(26)19-15-25(23(27)16-8-5-4-6-9-16)14-18(19)17-10-7-11-20(29-2)21(17)30-3/h4-11,18-19H,12-15H2,1-3H3,(H,24,26)/t18-,19-/m0/s1. The molecule has 3 rings (SSSR count). The molecule has 0 unspecified atom stereocenters. The third kappa shape index (κ3) is 4.57. The van der Waals surface area contributed by atoms with Gasteiger partial charge in [-0.2, -0.15) is 0 Å². The summed E-state index contributed by atoms with van der Waals surface area (Å²) in [5, 5.41) is 2.92. The van der Waals surface area contributed by atoms with Gasteiger partial charge in [0.05, 0.1) is 26.7 Å². The molecule has 30 heavy (non-hydrogen) atoms. The number of likely N-dealkylation sites (tertiary alicyclic amines) is 1. The second-order valence-corrected chi connectivity index (χ2v) is 7.16. The van der Waals surface area contributed by atoms with Crippen molar-refractivity contribution in [1.29, 1.82) is 0 Å². The number of nitrogens with one attached hydrogen (secondary N) is 1. The van der Waals surface area contributed by atoms with Crippen molar-refractivity contribution in [1.82, 2.24) is 10.2 Å². The first-order valence-corrected chi connectivity index (χ1v) is 9.92. The maximum absolute atomic E-state index is 13.0. The van der Waals surface area contributed by atoms with E-state index in [0.29, 0.717) is 43.3 Å². The average molecular weight is 412 g/mol. The molecular weight excluding hydrogens is 384 g/mol. The molecule has 7 heteroatoms. The van der Waals surface area contributed by atoms with Crippen LogP contribution in [0, 0.1) is 5.92 Å². The van der Waals surface area contributed by atoms with Crippen LogP contribution in [0.2, 0.25) is 0 Å². The van der Waals surface area contributed by atoms with Crippen LogP contribution in [0.5, 0.6) is 11.5 Å². The van der Waals surface area contributed by atoms with Gasteiger partial charge in [-0.3, -0.25) is 9.59 Å². The van der Waals surface area contributed by atoms with Gasteiger partial charge in [0.2, 0.25) is 5.91 Å². The number of para-hydroxylation sites is 1. The van der Waals surface area contributed by atoms with E-state index < -0.39 is 5.92 Å². The Morgan fingerprint density at radius 2 is 1.77 bits per heavy atom. The van der Waals surface area contributed by atoms with Crippen LogP contribution in [0.15, 0.2) is 48.5 Å². The maximum Gasteiger partial charge on any atom is 0.253 e. The van der Waals surface area contributed by atoms with Gasteiger partial charge in [-0.05, 0) is 18.2 Å². The Bertz CT molecular complexity index is 871. The number of ether oxygens (including phenoxy) is 3. The van der Waals surface area contributed by atoms with E-state index in [2.05, 4.69) is 5.32 Å². The van der Waals surface area contributed by atoms with Crippen molar-refractivity contribution >= 4 is 11.8 Å². The molecule has 1 aliphatic heterocycles. The SMILES string of the molecule is COCCNC(=O)[C@H]1CN(C(=O)c2ccccc2)C[C@H]1c1cccc(OC)c1OC. The molecule has 2 aromatic rings. The highest BCUT2D eigenvalue weighted by Crippen LogP contribution is 2.42. The van der Waals surface area contributed by atoms with Crippen LogP contribution in [0.4, 0.5) is 0 Å². The molecule has 0 aliphatic carbocycles. The summed E-state index contributed by atoms with van der Waals surface area (Å²) in [7, 11) is 4.75. The van der Waals surface area contributed by atoms with Gasteiger partial charge in [-0.25, -0.2) is 0 Å². The first kappa shape index (κ1) is 21.6. The number of carbonyl (C=O) groups is 2. The number of amides is 2. The highest BCUT2D eigenvalue weighted by Gasteiger charge is 2.42. The quantitative estimate of drug-likeness (QED) is 0.674. The van der Waals surface area contributed by atoms with Gasteiger partial charge in [-0.1, -0.05) is 30.3 Å². The molecule has 0 aromatic heterocycles. The second-order valence-electron chi connectivity index (χ2n) is 7.16. The molecule has 1 heterocycles. The first-order chi connectivity index (χ1) is 14.6. The topological polar surface area (TPSA) is 77.1 Å². The van der Waals surface area contributed by atoms with E-state index in [1.54, 1.807) is 38.4 Å². The highest BCUT2D eigenvalue weighted by atomic mass is 16.5. The number of carbonyl (C=O) groups excluding carboxylic acids is 2. The lowest BCUT2D eigenvalue weighted by Crippen LogP contribution is -2.37. The summed E-state index contributed by atoms with van der Waals surface area (Å²) >= 11 is 0. The number of benzene rings is 2. The number of hydrogen-bond acceptors (Lipinski definition) is 5. The predicted molar refractivity (Wildman–Crippen MR) is 113 cm³/mol. The zero-order valence-corrected chi connectivity index (χ0v) is 17.6. The molecule has 2 atom stereocenters. The van der Waals surface area contributed by atoms with E-state index in [-0.39, 0.29) is 17.7 Å². The Kier molecular flexibility index (Phi) is 7.30. The number of hydrogen-bond donors (Lipinski definition) is 1. The van der Waals surface area contributed by atoms with Gasteiger partial charge >= 0.3 is 0 Å². The van der Waals surface area contributed by atoms with Crippen LogP contribution in [0.1, 0.15) is 21.8 Å². The summed E-state index contributed by atoms with van der Waals surface area (Å²) in [6.45, 7) is 1.59. The van der Waals surface area contributed by atoms with Gasteiger partial charge < -0.3 is 24.4 Å². The lowest BCUT2D eigenvalue weighted by molar-refractivity contribution is -0.125. The fourth-order valence-corrected chi connectivity index (χ4v) is 3.93. The van der Waals surface area contributed by atoms with Gasteiger partial charge in [0, 0.05) is 43.8 Å². The Morgan fingerprint density at radius 1 is 1.00 bits per heavy atom. The summed E-state index contributed by atoms with van der Waals surface area (Å²) in [5.74, 6) is 0.371. The third-order valence-electron chi connectivity index (χ3n) is 5.40.